The molecule has 124 valence electrons. The second kappa shape index (κ2) is 6.97. The molecule has 0 fully saturated rings. The molecule has 0 bridgehead atoms. The van der Waals surface area contributed by atoms with E-state index in [0.29, 0.717) is 5.02 Å². The van der Waals surface area contributed by atoms with Gasteiger partial charge in [0.05, 0.1) is 11.2 Å². The quantitative estimate of drug-likeness (QED) is 0.678. The normalized spacial score (nSPS) is 11.1. The molecule has 0 amide bonds. The molecule has 0 atom stereocenters. The van der Waals surface area contributed by atoms with Crippen LogP contribution in [-0.2, 0) is 17.7 Å². The van der Waals surface area contributed by atoms with Gasteiger partial charge >= 0.3 is 0 Å². The lowest BCUT2D eigenvalue weighted by Gasteiger charge is -2.31. The average molecular weight is 354 g/mol. The Kier molecular flexibility index (Phi) is 5.41. The molecule has 0 saturated heterocycles. The molecule has 1 heterocycles. The van der Waals surface area contributed by atoms with E-state index in [1.54, 1.807) is 19.1 Å². The maximum atomic E-state index is 11.2. The number of hydrogen-bond acceptors (Lipinski definition) is 3. The number of anilines is 1. The van der Waals surface area contributed by atoms with E-state index in [1.807, 2.05) is 32.9 Å². The molecule has 1 N–H and O–H groups in total. The van der Waals surface area contributed by atoms with Gasteiger partial charge in [-0.15, -0.1) is 0 Å². The summed E-state index contributed by atoms with van der Waals surface area (Å²) in [6.07, 6.45) is 0.753. The Labute approximate surface area is 144 Å². The molecule has 0 unspecified atom stereocenters. The molecular weight excluding hydrogens is 334 g/mol. The number of benzene rings is 1. The molecule has 0 radical (unpaired) electrons. The van der Waals surface area contributed by atoms with Crippen molar-refractivity contribution in [3.8, 4) is 0 Å². The first kappa shape index (κ1) is 17.9. The summed E-state index contributed by atoms with van der Waals surface area (Å²) in [6, 6.07) is 3.76. The van der Waals surface area contributed by atoms with E-state index in [1.165, 1.54) is 5.01 Å². The number of fused-ring (bicyclic) bond motifs is 1. The Bertz CT molecular complexity index is 817. The van der Waals surface area contributed by atoms with E-state index < -0.39 is 0 Å². The third-order valence-electron chi connectivity index (χ3n) is 3.78. The first-order valence-corrected chi connectivity index (χ1v) is 8.36. The zero-order valence-electron chi connectivity index (χ0n) is 13.8. The summed E-state index contributed by atoms with van der Waals surface area (Å²) < 4.78 is 11.2. The molecule has 5 nitrogen and oxygen atoms in total. The van der Waals surface area contributed by atoms with Gasteiger partial charge in [-0.05, 0) is 43.5 Å². The van der Waals surface area contributed by atoms with Crippen LogP contribution in [0, 0.1) is 13.8 Å². The van der Waals surface area contributed by atoms with Crippen molar-refractivity contribution in [2.45, 2.75) is 27.2 Å². The molecule has 0 aliphatic carbocycles. The van der Waals surface area contributed by atoms with Gasteiger partial charge in [0.1, 0.15) is 11.3 Å². The summed E-state index contributed by atoms with van der Waals surface area (Å²) in [5.41, 5.74) is 4.28. The number of aliphatic hydroxyl groups is 1. The van der Waals surface area contributed by atoms with Crippen LogP contribution < -0.4 is 5.01 Å². The van der Waals surface area contributed by atoms with Crippen LogP contribution in [0.3, 0.4) is 0 Å². The Hall–Kier alpha value is -1.47. The second-order valence-corrected chi connectivity index (χ2v) is 6.47. The highest BCUT2D eigenvalue weighted by atomic mass is 35.5. The first-order valence-electron chi connectivity index (χ1n) is 7.24. The van der Waals surface area contributed by atoms with Gasteiger partial charge in [-0.3, -0.25) is 4.98 Å². The highest BCUT2D eigenvalue weighted by molar-refractivity contribution is 7.66. The van der Waals surface area contributed by atoms with Crippen LogP contribution in [-0.4, -0.2) is 38.6 Å². The molecule has 1 aromatic carbocycles. The van der Waals surface area contributed by atoms with Crippen molar-refractivity contribution in [3.05, 3.63) is 34.0 Å². The maximum absolute atomic E-state index is 11.2. The van der Waals surface area contributed by atoms with Crippen molar-refractivity contribution in [2.75, 3.05) is 19.1 Å². The fourth-order valence-corrected chi connectivity index (χ4v) is 3.12. The van der Waals surface area contributed by atoms with Crippen molar-refractivity contribution >= 4 is 44.6 Å². The number of halogens is 1. The van der Waals surface area contributed by atoms with Crippen LogP contribution in [0.2, 0.25) is 5.02 Å². The number of nitrogens with zero attached hydrogens (tertiary/aromatic N) is 3. The van der Waals surface area contributed by atoms with Gasteiger partial charge < -0.3 is 5.11 Å². The van der Waals surface area contributed by atoms with Crippen molar-refractivity contribution in [3.63, 3.8) is 0 Å². The van der Waals surface area contributed by atoms with E-state index in [9.17, 15) is 9.32 Å². The second-order valence-electron chi connectivity index (χ2n) is 5.53. The zero-order valence-corrected chi connectivity index (χ0v) is 15.4. The van der Waals surface area contributed by atoms with Crippen LogP contribution in [0.1, 0.15) is 23.7 Å². The lowest BCUT2D eigenvalue weighted by atomic mass is 10.0. The minimum absolute atomic E-state index is 0.0472. The third kappa shape index (κ3) is 3.26. The first-order chi connectivity index (χ1) is 10.8. The topological polar surface area (TPSA) is 56.7 Å². The van der Waals surface area contributed by atoms with Gasteiger partial charge in [-0.1, -0.05) is 18.5 Å². The molecule has 2 rings (SSSR count). The van der Waals surface area contributed by atoms with E-state index in [2.05, 4.69) is 0 Å². The van der Waals surface area contributed by atoms with Crippen LogP contribution in [0.25, 0.3) is 10.9 Å². The lowest BCUT2D eigenvalue weighted by Crippen LogP contribution is -2.42. The summed E-state index contributed by atoms with van der Waals surface area (Å²) in [4.78, 5) is 4.70. The van der Waals surface area contributed by atoms with E-state index in [0.717, 1.165) is 39.8 Å². The van der Waals surface area contributed by atoms with Crippen LogP contribution in [0.5, 0.6) is 0 Å². The van der Waals surface area contributed by atoms with E-state index in [-0.39, 0.29) is 16.4 Å². The Morgan fingerprint density at radius 1 is 1.35 bits per heavy atom. The number of aromatic nitrogens is 1. The number of aryl methyl sites for hydroxylation is 2. The highest BCUT2D eigenvalue weighted by Gasteiger charge is 2.22. The van der Waals surface area contributed by atoms with Gasteiger partial charge in [0.15, 0.2) is 0 Å². The maximum Gasteiger partial charge on any atom is 0.258 e. The SMILES string of the molecule is CCc1nc2cc(C)c(Cl)cc2c(N(C(O)=S=O)N(C)C)c1C. The molecular formula is C16H20ClN3O2S. The summed E-state index contributed by atoms with van der Waals surface area (Å²) in [6.45, 7) is 5.89. The van der Waals surface area contributed by atoms with E-state index >= 15 is 0 Å². The van der Waals surface area contributed by atoms with Crippen molar-refractivity contribution in [2.24, 2.45) is 0 Å². The van der Waals surface area contributed by atoms with Gasteiger partial charge in [0.25, 0.3) is 5.17 Å². The summed E-state index contributed by atoms with van der Waals surface area (Å²) in [5.74, 6) is 0. The minimum atomic E-state index is -0.343. The van der Waals surface area contributed by atoms with Gasteiger partial charge in [0.2, 0.25) is 0 Å². The molecule has 0 saturated carbocycles. The summed E-state index contributed by atoms with van der Waals surface area (Å²) >= 11 is 6.33. The predicted octanol–water partition coefficient (Wildman–Crippen LogP) is 3.21. The van der Waals surface area contributed by atoms with Crippen molar-refractivity contribution < 1.29 is 9.32 Å². The monoisotopic (exact) mass is 353 g/mol. The number of rotatable bonds is 3. The summed E-state index contributed by atoms with van der Waals surface area (Å²) in [5, 5.41) is 14.3. The van der Waals surface area contributed by atoms with Gasteiger partial charge in [-0.25, -0.2) is 14.2 Å². The van der Waals surface area contributed by atoms with E-state index in [4.69, 9.17) is 16.6 Å². The summed E-state index contributed by atoms with van der Waals surface area (Å²) in [7, 11) is 3.53. The number of hydrazine groups is 1. The minimum Gasteiger partial charge on any atom is -0.335 e. The molecule has 7 heteroatoms. The largest absolute Gasteiger partial charge is 0.335 e. The number of hydrogen-bond donors (Lipinski definition) is 1. The van der Waals surface area contributed by atoms with Crippen LogP contribution in [0.15, 0.2) is 12.1 Å². The molecule has 1 aromatic heterocycles. The van der Waals surface area contributed by atoms with Crippen molar-refractivity contribution in [1.82, 2.24) is 9.99 Å². The molecule has 0 aliphatic heterocycles. The van der Waals surface area contributed by atoms with Crippen LogP contribution >= 0.6 is 11.6 Å². The molecule has 2 aromatic rings. The Balaban J connectivity index is 2.96. The van der Waals surface area contributed by atoms with Crippen molar-refractivity contribution in [1.29, 1.82) is 0 Å². The molecule has 0 spiro atoms. The number of pyridine rings is 1. The fourth-order valence-electron chi connectivity index (χ4n) is 2.64. The smallest absolute Gasteiger partial charge is 0.258 e. The standard InChI is InChI=1S/C16H20ClN3O2S/c1-6-13-10(3)15(20(19(4)5)16(21)23-22)11-8-12(17)9(2)7-14(11)18-13/h7-8,21H,6H2,1-5H3. The third-order valence-corrected chi connectivity index (χ3v) is 4.51. The zero-order chi connectivity index (χ0) is 17.3. The Morgan fingerprint density at radius 2 is 2.00 bits per heavy atom. The predicted molar refractivity (Wildman–Crippen MR) is 97.5 cm³/mol. The fraction of sp³-hybridized carbons (Fsp3) is 0.375. The van der Waals surface area contributed by atoms with Gasteiger partial charge in [0, 0.05) is 30.2 Å². The highest BCUT2D eigenvalue weighted by Crippen LogP contribution is 2.35. The lowest BCUT2D eigenvalue weighted by molar-refractivity contribution is 0.392. The number of aliphatic hydroxyl groups excluding tert-OH is 1. The van der Waals surface area contributed by atoms with Gasteiger partial charge in [-0.2, -0.15) is 0 Å². The molecule has 23 heavy (non-hydrogen) atoms. The Morgan fingerprint density at radius 3 is 2.52 bits per heavy atom. The average Bonchev–Trinajstić information content (AvgIpc) is 2.50. The molecule has 0 aliphatic rings. The van der Waals surface area contributed by atoms with Crippen LogP contribution in [0.4, 0.5) is 5.69 Å².